The summed E-state index contributed by atoms with van der Waals surface area (Å²) >= 11 is 0. The third-order valence-corrected chi connectivity index (χ3v) is 5.02. The van der Waals surface area contributed by atoms with Crippen LogP contribution >= 0.6 is 0 Å². The van der Waals surface area contributed by atoms with E-state index in [1.165, 1.54) is 4.57 Å². The number of carbonyl (C=O) groups excluding carboxylic acids is 2. The number of hydrogen-bond donors (Lipinski definition) is 0. The van der Waals surface area contributed by atoms with Gasteiger partial charge in [-0.3, -0.25) is 19.0 Å². The summed E-state index contributed by atoms with van der Waals surface area (Å²) in [6.07, 6.45) is 5.13. The number of ether oxygens (including phenoxy) is 3. The number of esters is 1. The minimum Gasteiger partial charge on any atom is -0.454 e. The molecule has 0 amide bonds. The fourth-order valence-corrected chi connectivity index (χ4v) is 3.82. The number of pyridine rings is 1. The minimum absolute atomic E-state index is 0.0578. The monoisotopic (exact) mass is 387 g/mol. The van der Waals surface area contributed by atoms with Crippen LogP contribution in [0.2, 0.25) is 0 Å². The SMILES string of the molecule is C#CCOC(=O)Cn1c2c(c3ccccc3c1=O)C(=O)c1cc3c(cc1-2)OCO3. The summed E-state index contributed by atoms with van der Waals surface area (Å²) in [6.45, 7) is -0.505. The lowest BCUT2D eigenvalue weighted by atomic mass is 10.0. The Bertz CT molecular complexity index is 1330. The van der Waals surface area contributed by atoms with E-state index in [-0.39, 0.29) is 25.7 Å². The van der Waals surface area contributed by atoms with Gasteiger partial charge in [0.15, 0.2) is 23.9 Å². The Morgan fingerprint density at radius 1 is 1.10 bits per heavy atom. The molecular formula is C22H13NO6. The molecule has 2 heterocycles. The van der Waals surface area contributed by atoms with Gasteiger partial charge in [-0.05, 0) is 18.2 Å². The summed E-state index contributed by atoms with van der Waals surface area (Å²) in [5.41, 5.74) is 1.25. The molecule has 0 unspecified atom stereocenters. The smallest absolute Gasteiger partial charge is 0.327 e. The molecular weight excluding hydrogens is 374 g/mol. The Morgan fingerprint density at radius 3 is 2.52 bits per heavy atom. The number of aromatic nitrogens is 1. The first kappa shape index (κ1) is 17.1. The Kier molecular flexibility index (Phi) is 3.68. The van der Waals surface area contributed by atoms with Gasteiger partial charge >= 0.3 is 5.97 Å². The second-order valence-corrected chi connectivity index (χ2v) is 6.61. The summed E-state index contributed by atoms with van der Waals surface area (Å²) in [4.78, 5) is 38.7. The van der Waals surface area contributed by atoms with E-state index >= 15 is 0 Å². The Morgan fingerprint density at radius 2 is 1.79 bits per heavy atom. The highest BCUT2D eigenvalue weighted by atomic mass is 16.7. The normalized spacial score (nSPS) is 13.1. The van der Waals surface area contributed by atoms with Crippen molar-refractivity contribution < 1.29 is 23.8 Å². The second-order valence-electron chi connectivity index (χ2n) is 6.61. The van der Waals surface area contributed by atoms with E-state index in [0.29, 0.717) is 44.7 Å². The number of rotatable bonds is 3. The fourth-order valence-electron chi connectivity index (χ4n) is 3.82. The first-order valence-corrected chi connectivity index (χ1v) is 8.83. The van der Waals surface area contributed by atoms with Gasteiger partial charge in [0.1, 0.15) is 6.54 Å². The van der Waals surface area contributed by atoms with Crippen molar-refractivity contribution in [3.63, 3.8) is 0 Å². The fraction of sp³-hybridized carbons (Fsp3) is 0.136. The molecule has 7 nitrogen and oxygen atoms in total. The van der Waals surface area contributed by atoms with Crippen LogP contribution in [-0.4, -0.2) is 29.7 Å². The standard InChI is InChI=1S/C22H13NO6/c1-2-7-27-18(24)10-23-20-14-8-16-17(29-11-28-16)9-15(14)21(25)19(20)12-5-3-4-6-13(12)22(23)26/h1,3-6,8-9H,7,10-11H2. The van der Waals surface area contributed by atoms with Gasteiger partial charge in [-0.25, -0.2) is 0 Å². The highest BCUT2D eigenvalue weighted by Crippen LogP contribution is 2.45. The lowest BCUT2D eigenvalue weighted by molar-refractivity contribution is -0.142. The van der Waals surface area contributed by atoms with Gasteiger partial charge in [0.2, 0.25) is 6.79 Å². The van der Waals surface area contributed by atoms with E-state index in [9.17, 15) is 14.4 Å². The van der Waals surface area contributed by atoms with Crippen LogP contribution in [-0.2, 0) is 16.1 Å². The van der Waals surface area contributed by atoms with Gasteiger partial charge in [-0.15, -0.1) is 6.42 Å². The van der Waals surface area contributed by atoms with Gasteiger partial charge in [-0.2, -0.15) is 0 Å². The zero-order valence-electron chi connectivity index (χ0n) is 15.1. The van der Waals surface area contributed by atoms with Crippen LogP contribution in [0.1, 0.15) is 15.9 Å². The summed E-state index contributed by atoms with van der Waals surface area (Å²) in [6, 6.07) is 10.1. The topological polar surface area (TPSA) is 83.8 Å². The molecule has 1 aliphatic carbocycles. The summed E-state index contributed by atoms with van der Waals surface area (Å²) in [5.74, 6) is 2.26. The third-order valence-electron chi connectivity index (χ3n) is 5.02. The molecule has 1 aliphatic heterocycles. The highest BCUT2D eigenvalue weighted by Gasteiger charge is 2.35. The van der Waals surface area contributed by atoms with E-state index in [1.807, 2.05) is 0 Å². The quantitative estimate of drug-likeness (QED) is 0.396. The average molecular weight is 387 g/mol. The predicted molar refractivity (Wildman–Crippen MR) is 103 cm³/mol. The minimum atomic E-state index is -0.663. The summed E-state index contributed by atoms with van der Waals surface area (Å²) in [5, 5.41) is 0.876. The number of carbonyl (C=O) groups is 2. The van der Waals surface area contributed by atoms with Crippen LogP contribution in [0.4, 0.5) is 0 Å². The Labute approximate surface area is 164 Å². The van der Waals surface area contributed by atoms with Crippen molar-refractivity contribution in [2.45, 2.75) is 6.54 Å². The van der Waals surface area contributed by atoms with Crippen molar-refractivity contribution in [3.05, 3.63) is 57.9 Å². The molecule has 2 aromatic carbocycles. The molecule has 2 aliphatic rings. The van der Waals surface area contributed by atoms with E-state index < -0.39 is 11.5 Å². The molecule has 5 rings (SSSR count). The Hall–Kier alpha value is -4.05. The van der Waals surface area contributed by atoms with Crippen LogP contribution in [0.3, 0.4) is 0 Å². The zero-order valence-corrected chi connectivity index (χ0v) is 15.1. The van der Waals surface area contributed by atoms with Crippen LogP contribution in [0.15, 0.2) is 41.2 Å². The van der Waals surface area contributed by atoms with Crippen molar-refractivity contribution in [2.24, 2.45) is 0 Å². The van der Waals surface area contributed by atoms with E-state index in [0.717, 1.165) is 0 Å². The first-order chi connectivity index (χ1) is 14.1. The van der Waals surface area contributed by atoms with E-state index in [2.05, 4.69) is 5.92 Å². The molecule has 7 heteroatoms. The van der Waals surface area contributed by atoms with E-state index in [4.69, 9.17) is 20.6 Å². The van der Waals surface area contributed by atoms with Crippen molar-refractivity contribution >= 4 is 22.5 Å². The zero-order chi connectivity index (χ0) is 20.1. The van der Waals surface area contributed by atoms with Crippen molar-refractivity contribution in [1.29, 1.82) is 0 Å². The van der Waals surface area contributed by atoms with Crippen LogP contribution in [0.25, 0.3) is 22.0 Å². The average Bonchev–Trinajstić information content (AvgIpc) is 3.30. The Balaban J connectivity index is 1.81. The predicted octanol–water partition coefficient (Wildman–Crippen LogP) is 2.12. The largest absolute Gasteiger partial charge is 0.454 e. The lowest BCUT2D eigenvalue weighted by Crippen LogP contribution is -2.27. The maximum atomic E-state index is 13.3. The van der Waals surface area contributed by atoms with Gasteiger partial charge in [0.25, 0.3) is 5.56 Å². The van der Waals surface area contributed by atoms with E-state index in [1.54, 1.807) is 36.4 Å². The molecule has 3 aromatic rings. The molecule has 1 aromatic heterocycles. The second kappa shape index (κ2) is 6.24. The number of fused-ring (bicyclic) bond motifs is 6. The molecule has 0 spiro atoms. The van der Waals surface area contributed by atoms with Crippen molar-refractivity contribution in [3.8, 4) is 35.1 Å². The number of nitrogens with zero attached hydrogens (tertiary/aromatic N) is 1. The number of benzene rings is 2. The molecule has 0 saturated heterocycles. The highest BCUT2D eigenvalue weighted by molar-refractivity contribution is 6.27. The first-order valence-electron chi connectivity index (χ1n) is 8.83. The third kappa shape index (κ3) is 2.43. The van der Waals surface area contributed by atoms with Gasteiger partial charge in [-0.1, -0.05) is 24.1 Å². The lowest BCUT2D eigenvalue weighted by Gasteiger charge is -2.14. The van der Waals surface area contributed by atoms with Crippen LogP contribution in [0.5, 0.6) is 11.5 Å². The van der Waals surface area contributed by atoms with Crippen molar-refractivity contribution in [1.82, 2.24) is 4.57 Å². The molecule has 0 radical (unpaired) electrons. The molecule has 0 atom stereocenters. The molecule has 0 N–H and O–H groups in total. The molecule has 0 fully saturated rings. The van der Waals surface area contributed by atoms with Gasteiger partial charge in [0.05, 0.1) is 11.3 Å². The maximum Gasteiger partial charge on any atom is 0.327 e. The maximum absolute atomic E-state index is 13.3. The number of hydrogen-bond acceptors (Lipinski definition) is 6. The molecule has 142 valence electrons. The van der Waals surface area contributed by atoms with Crippen LogP contribution < -0.4 is 15.0 Å². The summed E-state index contributed by atoms with van der Waals surface area (Å²) < 4.78 is 17.0. The molecule has 0 saturated carbocycles. The summed E-state index contributed by atoms with van der Waals surface area (Å²) in [7, 11) is 0. The van der Waals surface area contributed by atoms with Crippen molar-refractivity contribution in [2.75, 3.05) is 13.4 Å². The number of ketones is 1. The number of terminal acetylenes is 1. The van der Waals surface area contributed by atoms with Gasteiger partial charge in [0, 0.05) is 21.9 Å². The molecule has 29 heavy (non-hydrogen) atoms. The van der Waals surface area contributed by atoms with Gasteiger partial charge < -0.3 is 14.2 Å². The molecule has 0 bridgehead atoms. The van der Waals surface area contributed by atoms with Crippen LogP contribution in [0, 0.1) is 12.3 Å².